The third-order valence-electron chi connectivity index (χ3n) is 3.70. The van der Waals surface area contributed by atoms with Crippen LogP contribution >= 0.6 is 11.8 Å². The highest BCUT2D eigenvalue weighted by Crippen LogP contribution is 2.26. The Labute approximate surface area is 164 Å². The number of benzene rings is 1. The van der Waals surface area contributed by atoms with Crippen LogP contribution in [0.2, 0.25) is 0 Å². The molecular formula is C19H16F2N4O2S. The van der Waals surface area contributed by atoms with Crippen molar-refractivity contribution in [1.29, 1.82) is 0 Å². The van der Waals surface area contributed by atoms with Crippen LogP contribution in [0.1, 0.15) is 10.4 Å². The predicted molar refractivity (Wildman–Crippen MR) is 102 cm³/mol. The van der Waals surface area contributed by atoms with E-state index in [9.17, 15) is 13.6 Å². The average Bonchev–Trinajstić information content (AvgIpc) is 3.10. The topological polar surface area (TPSA) is 69.9 Å². The lowest BCUT2D eigenvalue weighted by Gasteiger charge is -2.10. The highest BCUT2D eigenvalue weighted by atomic mass is 32.2. The van der Waals surface area contributed by atoms with E-state index in [-0.39, 0.29) is 22.8 Å². The molecule has 0 aliphatic rings. The summed E-state index contributed by atoms with van der Waals surface area (Å²) in [6.45, 7) is 1.19. The van der Waals surface area contributed by atoms with Gasteiger partial charge in [0.2, 0.25) is 0 Å². The molecule has 3 rings (SSSR count). The predicted octanol–water partition coefficient (Wildman–Crippen LogP) is 4.10. The summed E-state index contributed by atoms with van der Waals surface area (Å²) in [5, 5.41) is 8.87. The number of carbonyl (C=O) groups excluding carboxylic acids is 1. The fourth-order valence-electron chi connectivity index (χ4n) is 2.51. The van der Waals surface area contributed by atoms with Crippen LogP contribution in [0.5, 0.6) is 5.75 Å². The molecule has 0 radical (unpaired) electrons. The number of aromatic nitrogens is 4. The summed E-state index contributed by atoms with van der Waals surface area (Å²) in [7, 11) is 0. The molecule has 0 bridgehead atoms. The highest BCUT2D eigenvalue weighted by Gasteiger charge is 2.18. The van der Waals surface area contributed by atoms with E-state index in [0.717, 1.165) is 5.56 Å². The van der Waals surface area contributed by atoms with Crippen molar-refractivity contribution in [3.8, 4) is 17.1 Å². The van der Waals surface area contributed by atoms with Crippen LogP contribution in [0.3, 0.4) is 0 Å². The molecule has 0 N–H and O–H groups in total. The van der Waals surface area contributed by atoms with Crippen molar-refractivity contribution in [3.05, 3.63) is 67.0 Å². The number of alkyl halides is 2. The number of Topliss-reactive ketones (excluding diaryl/α,β-unsaturated/α-hetero) is 1. The van der Waals surface area contributed by atoms with E-state index < -0.39 is 6.61 Å². The Morgan fingerprint density at radius 2 is 1.96 bits per heavy atom. The van der Waals surface area contributed by atoms with Gasteiger partial charge in [0.25, 0.3) is 0 Å². The normalized spacial score (nSPS) is 10.8. The minimum absolute atomic E-state index is 0.00473. The number of rotatable bonds is 9. The smallest absolute Gasteiger partial charge is 0.387 e. The van der Waals surface area contributed by atoms with Crippen molar-refractivity contribution in [1.82, 2.24) is 19.7 Å². The van der Waals surface area contributed by atoms with Crippen molar-refractivity contribution in [2.24, 2.45) is 0 Å². The second-order valence-corrected chi connectivity index (χ2v) is 6.47. The zero-order valence-corrected chi connectivity index (χ0v) is 15.5. The van der Waals surface area contributed by atoms with Gasteiger partial charge >= 0.3 is 6.61 Å². The van der Waals surface area contributed by atoms with Crippen molar-refractivity contribution in [2.75, 3.05) is 5.75 Å². The van der Waals surface area contributed by atoms with Crippen LogP contribution in [0.25, 0.3) is 11.4 Å². The molecular weight excluding hydrogens is 386 g/mol. The largest absolute Gasteiger partial charge is 0.434 e. The summed E-state index contributed by atoms with van der Waals surface area (Å²) < 4.78 is 31.3. The third-order valence-corrected chi connectivity index (χ3v) is 4.67. The molecule has 2 aromatic heterocycles. The number of pyridine rings is 1. The molecule has 1 aromatic carbocycles. The van der Waals surface area contributed by atoms with Gasteiger partial charge in [0.15, 0.2) is 16.8 Å². The first-order valence-corrected chi connectivity index (χ1v) is 9.23. The third kappa shape index (κ3) is 4.61. The van der Waals surface area contributed by atoms with Gasteiger partial charge in [0.05, 0.1) is 11.3 Å². The van der Waals surface area contributed by atoms with E-state index in [1.54, 1.807) is 36.7 Å². The minimum Gasteiger partial charge on any atom is -0.434 e. The molecule has 0 spiro atoms. The summed E-state index contributed by atoms with van der Waals surface area (Å²) in [6, 6.07) is 9.53. The van der Waals surface area contributed by atoms with E-state index in [2.05, 4.69) is 26.5 Å². The zero-order valence-electron chi connectivity index (χ0n) is 14.7. The molecule has 28 heavy (non-hydrogen) atoms. The van der Waals surface area contributed by atoms with Gasteiger partial charge in [-0.1, -0.05) is 30.0 Å². The molecule has 0 unspecified atom stereocenters. The van der Waals surface area contributed by atoms with E-state index >= 15 is 0 Å². The summed E-state index contributed by atoms with van der Waals surface area (Å²) in [6.07, 6.45) is 5.00. The summed E-state index contributed by atoms with van der Waals surface area (Å²) in [5.74, 6) is 0.126. The maximum absolute atomic E-state index is 12.5. The van der Waals surface area contributed by atoms with Crippen molar-refractivity contribution < 1.29 is 18.3 Å². The Hall–Kier alpha value is -3.07. The van der Waals surface area contributed by atoms with Gasteiger partial charge < -0.3 is 4.74 Å². The van der Waals surface area contributed by atoms with Crippen LogP contribution in [-0.2, 0) is 6.54 Å². The van der Waals surface area contributed by atoms with Crippen LogP contribution in [0.4, 0.5) is 8.78 Å². The quantitative estimate of drug-likeness (QED) is 0.305. The molecule has 0 amide bonds. The Morgan fingerprint density at radius 1 is 1.21 bits per heavy atom. The first kappa shape index (κ1) is 19.7. The Morgan fingerprint density at radius 3 is 2.68 bits per heavy atom. The Balaban J connectivity index is 1.79. The summed E-state index contributed by atoms with van der Waals surface area (Å²) in [4.78, 5) is 16.5. The lowest BCUT2D eigenvalue weighted by molar-refractivity contribution is -0.0501. The van der Waals surface area contributed by atoms with E-state index in [4.69, 9.17) is 0 Å². The van der Waals surface area contributed by atoms with Crippen LogP contribution in [0, 0.1) is 0 Å². The molecule has 0 saturated heterocycles. The van der Waals surface area contributed by atoms with Crippen molar-refractivity contribution in [2.45, 2.75) is 18.3 Å². The SMILES string of the molecule is C=CCn1c(SCC(=O)c2ccccc2OC(F)F)nnc1-c1ccncc1. The highest BCUT2D eigenvalue weighted by molar-refractivity contribution is 7.99. The number of hydrogen-bond acceptors (Lipinski definition) is 6. The summed E-state index contributed by atoms with van der Waals surface area (Å²) >= 11 is 1.17. The van der Waals surface area contributed by atoms with Gasteiger partial charge in [-0.3, -0.25) is 14.3 Å². The molecule has 0 saturated carbocycles. The number of ketones is 1. The maximum Gasteiger partial charge on any atom is 0.387 e. The number of ether oxygens (including phenoxy) is 1. The zero-order chi connectivity index (χ0) is 19.9. The fourth-order valence-corrected chi connectivity index (χ4v) is 3.34. The monoisotopic (exact) mass is 402 g/mol. The second kappa shape index (κ2) is 9.23. The second-order valence-electron chi connectivity index (χ2n) is 5.53. The standard InChI is InChI=1S/C19H16F2N4O2S/c1-2-11-25-17(13-7-9-22-10-8-13)23-24-19(25)28-12-15(26)14-5-3-4-6-16(14)27-18(20)21/h2-10,18H,1,11-12H2. The van der Waals surface area contributed by atoms with E-state index in [1.807, 2.05) is 4.57 Å². The molecule has 9 heteroatoms. The molecule has 0 atom stereocenters. The van der Waals surface area contributed by atoms with Gasteiger partial charge in [-0.15, -0.1) is 16.8 Å². The number of carbonyl (C=O) groups is 1. The Bertz CT molecular complexity index is 964. The van der Waals surface area contributed by atoms with Crippen molar-refractivity contribution in [3.63, 3.8) is 0 Å². The molecule has 0 aliphatic carbocycles. The molecule has 0 aliphatic heterocycles. The number of nitrogens with zero attached hydrogens (tertiary/aromatic N) is 4. The number of allylic oxidation sites excluding steroid dienone is 1. The van der Waals surface area contributed by atoms with Crippen LogP contribution < -0.4 is 4.74 Å². The molecule has 2 heterocycles. The van der Waals surface area contributed by atoms with Crippen LogP contribution in [-0.4, -0.2) is 37.9 Å². The number of thioether (sulfide) groups is 1. The van der Waals surface area contributed by atoms with Gasteiger partial charge in [-0.05, 0) is 24.3 Å². The van der Waals surface area contributed by atoms with Crippen LogP contribution in [0.15, 0.2) is 66.6 Å². The van der Waals surface area contributed by atoms with Crippen molar-refractivity contribution >= 4 is 17.5 Å². The van der Waals surface area contributed by atoms with E-state index in [0.29, 0.717) is 17.5 Å². The number of hydrogen-bond donors (Lipinski definition) is 0. The molecule has 144 valence electrons. The molecule has 6 nitrogen and oxygen atoms in total. The first-order valence-electron chi connectivity index (χ1n) is 8.24. The molecule has 3 aromatic rings. The Kier molecular flexibility index (Phi) is 6.49. The first-order chi connectivity index (χ1) is 13.6. The summed E-state index contributed by atoms with van der Waals surface area (Å²) in [5.41, 5.74) is 0.928. The number of halogens is 2. The lowest BCUT2D eigenvalue weighted by atomic mass is 10.1. The number of para-hydroxylation sites is 1. The van der Waals surface area contributed by atoms with E-state index in [1.165, 1.54) is 30.0 Å². The average molecular weight is 402 g/mol. The minimum atomic E-state index is -3.00. The van der Waals surface area contributed by atoms with Gasteiger partial charge in [0, 0.05) is 24.5 Å². The van der Waals surface area contributed by atoms with Gasteiger partial charge in [-0.25, -0.2) is 0 Å². The lowest BCUT2D eigenvalue weighted by Crippen LogP contribution is -2.10. The maximum atomic E-state index is 12.5. The fraction of sp³-hybridized carbons (Fsp3) is 0.158. The van der Waals surface area contributed by atoms with Gasteiger partial charge in [0.1, 0.15) is 5.75 Å². The molecule has 0 fully saturated rings. The van der Waals surface area contributed by atoms with Gasteiger partial charge in [-0.2, -0.15) is 8.78 Å².